The third kappa shape index (κ3) is 4.75. The molecular weight excluding hydrogens is 420 g/mol. The summed E-state index contributed by atoms with van der Waals surface area (Å²) in [6.07, 6.45) is 1.16. The number of carbonyl (C=O) groups is 1. The molecule has 0 aliphatic heterocycles. The Morgan fingerprint density at radius 1 is 1.18 bits per heavy atom. The van der Waals surface area contributed by atoms with Gasteiger partial charge in [-0.25, -0.2) is 8.42 Å². The smallest absolute Gasteiger partial charge is 0.236 e. The van der Waals surface area contributed by atoms with E-state index in [4.69, 9.17) is 0 Å². The number of aromatic nitrogens is 5. The van der Waals surface area contributed by atoms with E-state index in [2.05, 4.69) is 25.7 Å². The van der Waals surface area contributed by atoms with Gasteiger partial charge in [0.05, 0.1) is 10.6 Å². The quantitative estimate of drug-likeness (QED) is 0.558. The van der Waals surface area contributed by atoms with Gasteiger partial charge >= 0.3 is 0 Å². The van der Waals surface area contributed by atoms with Crippen LogP contribution in [0.25, 0.3) is 10.6 Å². The molecule has 0 unspecified atom stereocenters. The molecule has 1 aromatic carbocycles. The predicted molar refractivity (Wildman–Crippen MR) is 108 cm³/mol. The van der Waals surface area contributed by atoms with Crippen molar-refractivity contribution < 1.29 is 13.2 Å². The first-order valence-corrected chi connectivity index (χ1v) is 11.9. The van der Waals surface area contributed by atoms with Gasteiger partial charge in [-0.3, -0.25) is 10.1 Å². The molecule has 3 aromatic rings. The zero-order valence-corrected chi connectivity index (χ0v) is 17.9. The Labute approximate surface area is 170 Å². The van der Waals surface area contributed by atoms with Gasteiger partial charge in [-0.15, -0.1) is 20.4 Å². The van der Waals surface area contributed by atoms with Gasteiger partial charge in [-0.05, 0) is 26.0 Å². The fourth-order valence-corrected chi connectivity index (χ4v) is 4.60. The highest BCUT2D eigenvalue weighted by molar-refractivity contribution is 7.99. The Morgan fingerprint density at radius 2 is 1.89 bits per heavy atom. The van der Waals surface area contributed by atoms with Crippen LogP contribution in [0.1, 0.15) is 12.7 Å². The molecule has 28 heavy (non-hydrogen) atoms. The van der Waals surface area contributed by atoms with Crippen LogP contribution >= 0.6 is 23.1 Å². The highest BCUT2D eigenvalue weighted by atomic mass is 32.2. The number of sulfone groups is 1. The molecule has 148 valence electrons. The summed E-state index contributed by atoms with van der Waals surface area (Å²) in [4.78, 5) is 12.4. The van der Waals surface area contributed by atoms with Gasteiger partial charge in [0.15, 0.2) is 15.0 Å². The molecule has 0 spiro atoms. The van der Waals surface area contributed by atoms with Crippen LogP contribution in [0.2, 0.25) is 0 Å². The normalized spacial score (nSPS) is 11.5. The number of rotatable bonds is 7. The minimum atomic E-state index is -3.25. The number of benzene rings is 1. The molecule has 0 saturated carbocycles. The van der Waals surface area contributed by atoms with E-state index in [1.807, 2.05) is 18.4 Å². The lowest BCUT2D eigenvalue weighted by Gasteiger charge is -2.04. The van der Waals surface area contributed by atoms with E-state index in [9.17, 15) is 13.2 Å². The maximum atomic E-state index is 12.2. The number of amides is 1. The van der Waals surface area contributed by atoms with Gasteiger partial charge in [0.25, 0.3) is 0 Å². The molecule has 2 heterocycles. The number of carbonyl (C=O) groups excluding carboxylic acids is 1. The van der Waals surface area contributed by atoms with Crippen LogP contribution in [0.3, 0.4) is 0 Å². The summed E-state index contributed by atoms with van der Waals surface area (Å²) in [5.74, 6) is 0.764. The Balaban J connectivity index is 1.61. The van der Waals surface area contributed by atoms with Crippen molar-refractivity contribution in [2.45, 2.75) is 30.4 Å². The Morgan fingerprint density at radius 3 is 2.54 bits per heavy atom. The predicted octanol–water partition coefficient (Wildman–Crippen LogP) is 2.26. The molecule has 2 aromatic heterocycles. The van der Waals surface area contributed by atoms with Crippen LogP contribution in [-0.4, -0.2) is 51.3 Å². The lowest BCUT2D eigenvalue weighted by atomic mass is 10.2. The van der Waals surface area contributed by atoms with Crippen molar-refractivity contribution in [1.82, 2.24) is 25.0 Å². The molecular formula is C16H18N6O3S3. The van der Waals surface area contributed by atoms with E-state index in [0.29, 0.717) is 15.3 Å². The number of nitrogens with one attached hydrogen (secondary N) is 1. The Bertz CT molecular complexity index is 1090. The lowest BCUT2D eigenvalue weighted by molar-refractivity contribution is -0.113. The van der Waals surface area contributed by atoms with Gasteiger partial charge < -0.3 is 4.57 Å². The summed E-state index contributed by atoms with van der Waals surface area (Å²) in [6, 6.07) is 6.37. The highest BCUT2D eigenvalue weighted by Crippen LogP contribution is 2.27. The van der Waals surface area contributed by atoms with Crippen LogP contribution in [0.15, 0.2) is 34.3 Å². The van der Waals surface area contributed by atoms with Crippen LogP contribution < -0.4 is 5.32 Å². The van der Waals surface area contributed by atoms with Crippen LogP contribution in [0.5, 0.6) is 0 Å². The molecule has 1 N–H and O–H groups in total. The highest BCUT2D eigenvalue weighted by Gasteiger charge is 2.14. The van der Waals surface area contributed by atoms with Crippen molar-refractivity contribution in [1.29, 1.82) is 0 Å². The topological polar surface area (TPSA) is 120 Å². The first-order valence-electron chi connectivity index (χ1n) is 8.24. The number of thioether (sulfide) groups is 1. The number of anilines is 1. The van der Waals surface area contributed by atoms with Crippen LogP contribution in [0, 0.1) is 6.92 Å². The van der Waals surface area contributed by atoms with E-state index in [1.54, 1.807) is 12.1 Å². The maximum absolute atomic E-state index is 12.2. The number of hydrogen-bond donors (Lipinski definition) is 1. The molecule has 9 nitrogen and oxygen atoms in total. The van der Waals surface area contributed by atoms with Crippen molar-refractivity contribution in [3.63, 3.8) is 0 Å². The average Bonchev–Trinajstić information content (AvgIpc) is 3.25. The SMILES string of the molecule is CCn1c(C)nnc1SCC(=O)Nc1nnc(-c2ccc(S(C)(=O)=O)cc2)s1. The molecule has 1 amide bonds. The third-order valence-electron chi connectivity index (χ3n) is 3.75. The van der Waals surface area contributed by atoms with E-state index < -0.39 is 9.84 Å². The number of nitrogens with zero attached hydrogens (tertiary/aromatic N) is 5. The summed E-state index contributed by atoms with van der Waals surface area (Å²) in [6.45, 7) is 4.60. The minimum absolute atomic E-state index is 0.177. The third-order valence-corrected chi connectivity index (χ3v) is 6.73. The van der Waals surface area contributed by atoms with Crippen molar-refractivity contribution >= 4 is 44.0 Å². The second kappa shape index (κ2) is 8.37. The second-order valence-electron chi connectivity index (χ2n) is 5.82. The summed E-state index contributed by atoms with van der Waals surface area (Å²) in [5, 5.41) is 20.5. The fourth-order valence-electron chi connectivity index (χ4n) is 2.35. The molecule has 0 bridgehead atoms. The maximum Gasteiger partial charge on any atom is 0.236 e. The number of hydrogen-bond acceptors (Lipinski definition) is 9. The van der Waals surface area contributed by atoms with E-state index in [0.717, 1.165) is 24.2 Å². The molecule has 0 aliphatic rings. The first-order chi connectivity index (χ1) is 13.3. The molecule has 0 aliphatic carbocycles. The van der Waals surface area contributed by atoms with E-state index in [1.165, 1.54) is 35.2 Å². The molecule has 0 atom stereocenters. The molecule has 0 saturated heterocycles. The summed E-state index contributed by atoms with van der Waals surface area (Å²) < 4.78 is 25.0. The largest absolute Gasteiger partial charge is 0.307 e. The Kier molecular flexibility index (Phi) is 6.10. The average molecular weight is 439 g/mol. The van der Waals surface area contributed by atoms with Crippen LogP contribution in [0.4, 0.5) is 5.13 Å². The van der Waals surface area contributed by atoms with Crippen molar-refractivity contribution in [3.05, 3.63) is 30.1 Å². The first kappa shape index (κ1) is 20.4. The molecule has 0 radical (unpaired) electrons. The molecule has 12 heteroatoms. The van der Waals surface area contributed by atoms with E-state index in [-0.39, 0.29) is 16.6 Å². The van der Waals surface area contributed by atoms with Gasteiger partial charge in [-0.1, -0.05) is 35.2 Å². The summed E-state index contributed by atoms with van der Waals surface area (Å²) in [5.41, 5.74) is 0.728. The van der Waals surface area contributed by atoms with Crippen molar-refractivity contribution in [2.75, 3.05) is 17.3 Å². The molecule has 3 rings (SSSR count). The minimum Gasteiger partial charge on any atom is -0.307 e. The zero-order chi connectivity index (χ0) is 20.3. The van der Waals surface area contributed by atoms with Gasteiger partial charge in [0.1, 0.15) is 10.8 Å². The molecule has 0 fully saturated rings. The fraction of sp³-hybridized carbons (Fsp3) is 0.312. The monoisotopic (exact) mass is 438 g/mol. The van der Waals surface area contributed by atoms with Crippen molar-refractivity contribution in [3.8, 4) is 10.6 Å². The van der Waals surface area contributed by atoms with Crippen molar-refractivity contribution in [2.24, 2.45) is 0 Å². The standard InChI is InChI=1S/C16H18N6O3S3/c1-4-22-10(2)18-21-16(22)26-9-13(23)17-15-20-19-14(27-15)11-5-7-12(8-6-11)28(3,24)25/h5-8H,4,9H2,1-3H3,(H,17,20,23). The van der Waals surface area contributed by atoms with Gasteiger partial charge in [0.2, 0.25) is 11.0 Å². The second-order valence-corrected chi connectivity index (χ2v) is 9.76. The zero-order valence-electron chi connectivity index (χ0n) is 15.4. The summed E-state index contributed by atoms with van der Waals surface area (Å²) >= 11 is 2.52. The lowest BCUT2D eigenvalue weighted by Crippen LogP contribution is -2.14. The summed E-state index contributed by atoms with van der Waals surface area (Å²) in [7, 11) is -3.25. The van der Waals surface area contributed by atoms with Gasteiger partial charge in [-0.2, -0.15) is 0 Å². The number of aryl methyl sites for hydroxylation is 1. The van der Waals surface area contributed by atoms with Crippen LogP contribution in [-0.2, 0) is 21.2 Å². The Hall–Kier alpha value is -2.31. The van der Waals surface area contributed by atoms with E-state index >= 15 is 0 Å². The van der Waals surface area contributed by atoms with Gasteiger partial charge in [0, 0.05) is 18.4 Å².